The Balaban J connectivity index is 1.65. The summed E-state index contributed by atoms with van der Waals surface area (Å²) in [5, 5.41) is 2.57. The van der Waals surface area contributed by atoms with Gasteiger partial charge in [-0.1, -0.05) is 41.9 Å². The molecule has 0 unspecified atom stereocenters. The number of ether oxygens (including phenoxy) is 3. The third-order valence-corrected chi connectivity index (χ3v) is 2.90. The molecule has 23 heavy (non-hydrogen) atoms. The normalized spacial score (nSPS) is 9.78. The smallest absolute Gasteiger partial charge is 0.415 e. The van der Waals surface area contributed by atoms with Gasteiger partial charge in [0.25, 0.3) is 0 Å². The zero-order chi connectivity index (χ0) is 16.5. The molecular formula is C16H14ClNO5. The van der Waals surface area contributed by atoms with Crippen molar-refractivity contribution in [2.75, 3.05) is 13.3 Å². The van der Waals surface area contributed by atoms with E-state index < -0.39 is 12.1 Å². The molecule has 0 aliphatic heterocycles. The van der Waals surface area contributed by atoms with Crippen LogP contribution in [0.1, 0.15) is 0 Å². The van der Waals surface area contributed by atoms with E-state index in [1.54, 1.807) is 48.5 Å². The first-order chi connectivity index (χ1) is 11.1. The molecule has 0 saturated carbocycles. The fraction of sp³-hybridized carbons (Fsp3) is 0.125. The van der Waals surface area contributed by atoms with Gasteiger partial charge in [-0.25, -0.2) is 9.59 Å². The van der Waals surface area contributed by atoms with Crippen molar-refractivity contribution in [2.24, 2.45) is 0 Å². The van der Waals surface area contributed by atoms with Crippen LogP contribution in [0.25, 0.3) is 0 Å². The molecule has 1 amide bonds. The molecule has 0 radical (unpaired) electrons. The van der Waals surface area contributed by atoms with Crippen LogP contribution in [0.15, 0.2) is 54.6 Å². The van der Waals surface area contributed by atoms with Crippen molar-refractivity contribution in [1.82, 2.24) is 5.32 Å². The predicted octanol–water partition coefficient (Wildman–Crippen LogP) is 3.01. The van der Waals surface area contributed by atoms with Crippen molar-refractivity contribution < 1.29 is 23.8 Å². The van der Waals surface area contributed by atoms with Crippen LogP contribution in [0.4, 0.5) is 4.79 Å². The summed E-state index contributed by atoms with van der Waals surface area (Å²) in [7, 11) is 0. The van der Waals surface area contributed by atoms with Gasteiger partial charge in [-0.05, 0) is 24.3 Å². The molecule has 2 rings (SSSR count). The molecule has 0 aliphatic rings. The predicted molar refractivity (Wildman–Crippen MR) is 83.5 cm³/mol. The highest BCUT2D eigenvalue weighted by molar-refractivity contribution is 6.32. The fourth-order valence-corrected chi connectivity index (χ4v) is 1.71. The highest BCUT2D eigenvalue weighted by Gasteiger charge is 2.09. The van der Waals surface area contributed by atoms with Crippen molar-refractivity contribution in [3.8, 4) is 11.5 Å². The van der Waals surface area contributed by atoms with Crippen molar-refractivity contribution in [2.45, 2.75) is 0 Å². The van der Waals surface area contributed by atoms with Crippen LogP contribution < -0.4 is 14.8 Å². The minimum absolute atomic E-state index is 0.213. The Labute approximate surface area is 137 Å². The number of halogens is 1. The van der Waals surface area contributed by atoms with E-state index in [0.717, 1.165) is 0 Å². The van der Waals surface area contributed by atoms with Gasteiger partial charge in [-0.2, -0.15) is 0 Å². The van der Waals surface area contributed by atoms with Gasteiger partial charge < -0.3 is 14.2 Å². The molecule has 2 aromatic carbocycles. The van der Waals surface area contributed by atoms with Gasteiger partial charge in [0, 0.05) is 0 Å². The first-order valence-corrected chi connectivity index (χ1v) is 7.06. The van der Waals surface area contributed by atoms with Crippen LogP contribution >= 0.6 is 11.6 Å². The second-order valence-electron chi connectivity index (χ2n) is 4.26. The molecule has 6 nitrogen and oxygen atoms in total. The van der Waals surface area contributed by atoms with Gasteiger partial charge in [-0.15, -0.1) is 0 Å². The largest absolute Gasteiger partial charge is 0.482 e. The molecule has 0 bridgehead atoms. The molecule has 0 atom stereocenters. The van der Waals surface area contributed by atoms with Gasteiger partial charge in [0.15, 0.2) is 19.1 Å². The number of rotatable bonds is 6. The fourth-order valence-electron chi connectivity index (χ4n) is 1.54. The number of amides is 1. The van der Waals surface area contributed by atoms with E-state index in [9.17, 15) is 9.59 Å². The van der Waals surface area contributed by atoms with Crippen molar-refractivity contribution >= 4 is 23.7 Å². The lowest BCUT2D eigenvalue weighted by Gasteiger charge is -2.09. The average molecular weight is 336 g/mol. The lowest BCUT2D eigenvalue weighted by atomic mass is 10.3. The standard InChI is InChI=1S/C16H14ClNO5/c17-13-8-4-5-9-14(13)23-16(20)18-11-22-15(19)10-21-12-6-2-1-3-7-12/h1-9H,10-11H2,(H,18,20). The van der Waals surface area contributed by atoms with Crippen molar-refractivity contribution in [3.05, 3.63) is 59.6 Å². The van der Waals surface area contributed by atoms with E-state index in [1.807, 2.05) is 6.07 Å². The molecule has 0 aromatic heterocycles. The maximum atomic E-state index is 11.5. The first-order valence-electron chi connectivity index (χ1n) is 6.69. The molecule has 0 saturated heterocycles. The summed E-state index contributed by atoms with van der Waals surface area (Å²) in [6.07, 6.45) is -0.783. The van der Waals surface area contributed by atoms with Crippen molar-refractivity contribution in [1.29, 1.82) is 0 Å². The SMILES string of the molecule is O=C(COc1ccccc1)OCNC(=O)Oc1ccccc1Cl. The van der Waals surface area contributed by atoms with E-state index in [0.29, 0.717) is 10.8 Å². The Morgan fingerprint density at radius 3 is 2.43 bits per heavy atom. The molecular weight excluding hydrogens is 322 g/mol. The Bertz CT molecular complexity index is 663. The zero-order valence-corrected chi connectivity index (χ0v) is 12.8. The second kappa shape index (κ2) is 8.65. The number of hydrogen-bond donors (Lipinski definition) is 1. The maximum Gasteiger partial charge on any atom is 0.415 e. The van der Waals surface area contributed by atoms with E-state index in [-0.39, 0.29) is 19.1 Å². The highest BCUT2D eigenvalue weighted by atomic mass is 35.5. The van der Waals surface area contributed by atoms with Gasteiger partial charge in [0.1, 0.15) is 5.75 Å². The van der Waals surface area contributed by atoms with E-state index in [2.05, 4.69) is 5.32 Å². The summed E-state index contributed by atoms with van der Waals surface area (Å²) in [4.78, 5) is 23.0. The van der Waals surface area contributed by atoms with Crippen LogP contribution in [-0.4, -0.2) is 25.4 Å². The van der Waals surface area contributed by atoms with E-state index in [4.69, 9.17) is 25.8 Å². The molecule has 0 heterocycles. The average Bonchev–Trinajstić information content (AvgIpc) is 2.56. The van der Waals surface area contributed by atoms with Crippen LogP contribution in [0.3, 0.4) is 0 Å². The molecule has 120 valence electrons. The number of hydrogen-bond acceptors (Lipinski definition) is 5. The Morgan fingerprint density at radius 1 is 1.00 bits per heavy atom. The Kier molecular flexibility index (Phi) is 6.26. The number of carbonyl (C=O) groups excluding carboxylic acids is 2. The van der Waals surface area contributed by atoms with Gasteiger partial charge in [0.2, 0.25) is 0 Å². The second-order valence-corrected chi connectivity index (χ2v) is 4.67. The first kappa shape index (κ1) is 16.6. The Hall–Kier alpha value is -2.73. The lowest BCUT2D eigenvalue weighted by Crippen LogP contribution is -2.31. The minimum atomic E-state index is -0.783. The van der Waals surface area contributed by atoms with Gasteiger partial charge in [-0.3, -0.25) is 5.32 Å². The number of carbonyl (C=O) groups is 2. The number of benzene rings is 2. The molecule has 1 N–H and O–H groups in total. The number of para-hydroxylation sites is 2. The minimum Gasteiger partial charge on any atom is -0.482 e. The molecule has 0 fully saturated rings. The lowest BCUT2D eigenvalue weighted by molar-refractivity contribution is -0.146. The van der Waals surface area contributed by atoms with Crippen LogP contribution in [-0.2, 0) is 9.53 Å². The molecule has 2 aromatic rings. The number of nitrogens with one attached hydrogen (secondary N) is 1. The summed E-state index contributed by atoms with van der Waals surface area (Å²) >= 11 is 5.85. The van der Waals surface area contributed by atoms with Crippen molar-refractivity contribution in [3.63, 3.8) is 0 Å². The Morgan fingerprint density at radius 2 is 1.70 bits per heavy atom. The van der Waals surface area contributed by atoms with Gasteiger partial charge in [0.05, 0.1) is 5.02 Å². The molecule has 0 aliphatic carbocycles. The summed E-state index contributed by atoms with van der Waals surface area (Å²) in [6, 6.07) is 15.3. The van der Waals surface area contributed by atoms with Crippen LogP contribution in [0, 0.1) is 0 Å². The maximum absolute atomic E-state index is 11.5. The van der Waals surface area contributed by atoms with Crippen LogP contribution in [0.2, 0.25) is 5.02 Å². The van der Waals surface area contributed by atoms with E-state index in [1.165, 1.54) is 0 Å². The summed E-state index contributed by atoms with van der Waals surface area (Å²) < 4.78 is 14.9. The summed E-state index contributed by atoms with van der Waals surface area (Å²) in [5.74, 6) is 0.146. The van der Waals surface area contributed by atoms with Gasteiger partial charge >= 0.3 is 12.1 Å². The third-order valence-electron chi connectivity index (χ3n) is 2.59. The quantitative estimate of drug-likeness (QED) is 0.649. The summed E-state index contributed by atoms with van der Waals surface area (Å²) in [6.45, 7) is -0.592. The van der Waals surface area contributed by atoms with E-state index >= 15 is 0 Å². The monoisotopic (exact) mass is 335 g/mol. The number of esters is 1. The molecule has 7 heteroatoms. The highest BCUT2D eigenvalue weighted by Crippen LogP contribution is 2.22. The zero-order valence-electron chi connectivity index (χ0n) is 12.0. The van der Waals surface area contributed by atoms with Crippen LogP contribution in [0.5, 0.6) is 11.5 Å². The topological polar surface area (TPSA) is 73.9 Å². The third kappa shape index (κ3) is 5.88. The molecule has 0 spiro atoms. The summed E-state index contributed by atoms with van der Waals surface area (Å²) in [5.41, 5.74) is 0.